The third-order valence-electron chi connectivity index (χ3n) is 4.97. The molecule has 1 aromatic rings. The van der Waals surface area contributed by atoms with E-state index in [1.165, 1.54) is 0 Å². The van der Waals surface area contributed by atoms with Crippen LogP contribution >= 0.6 is 0 Å². The molecule has 1 aliphatic heterocycles. The normalized spacial score (nSPS) is 26.0. The fraction of sp³-hybridized carbons (Fsp3) is 0.588. The maximum atomic E-state index is 12.5. The lowest BCUT2D eigenvalue weighted by Crippen LogP contribution is -2.41. The van der Waals surface area contributed by atoms with Gasteiger partial charge >= 0.3 is 0 Å². The van der Waals surface area contributed by atoms with Crippen molar-refractivity contribution in [3.63, 3.8) is 0 Å². The summed E-state index contributed by atoms with van der Waals surface area (Å²) in [4.78, 5) is 12.2. The Balaban J connectivity index is 1.49. The van der Waals surface area contributed by atoms with Gasteiger partial charge in [0.1, 0.15) is 0 Å². The predicted molar refractivity (Wildman–Crippen MR) is 88.2 cm³/mol. The Morgan fingerprint density at radius 2 is 1.83 bits per heavy atom. The Morgan fingerprint density at radius 3 is 2.39 bits per heavy atom. The van der Waals surface area contributed by atoms with Crippen molar-refractivity contribution in [2.75, 3.05) is 19.6 Å². The lowest BCUT2D eigenvalue weighted by atomic mass is 9.98. The number of piperidine rings is 1. The molecule has 23 heavy (non-hydrogen) atoms. The summed E-state index contributed by atoms with van der Waals surface area (Å²) in [5.74, 6) is 1.26. The summed E-state index contributed by atoms with van der Waals surface area (Å²) in [6, 6.07) is 8.58. The summed E-state index contributed by atoms with van der Waals surface area (Å²) in [5.41, 5.74) is 0. The average Bonchev–Trinajstić information content (AvgIpc) is 3.31. The molecule has 2 atom stereocenters. The summed E-state index contributed by atoms with van der Waals surface area (Å²) in [5, 5.41) is 3.02. The first-order valence-electron chi connectivity index (χ1n) is 8.31. The van der Waals surface area contributed by atoms with Crippen LogP contribution in [0.1, 0.15) is 26.2 Å². The number of hydrogen-bond acceptors (Lipinski definition) is 3. The number of carbonyl (C=O) groups excluding carboxylic acids is 1. The van der Waals surface area contributed by atoms with Crippen LogP contribution in [0.2, 0.25) is 0 Å². The summed E-state index contributed by atoms with van der Waals surface area (Å²) >= 11 is 0. The van der Waals surface area contributed by atoms with E-state index in [2.05, 4.69) is 12.2 Å². The Morgan fingerprint density at radius 1 is 1.22 bits per heavy atom. The molecule has 0 bridgehead atoms. The van der Waals surface area contributed by atoms with Crippen LogP contribution in [0, 0.1) is 17.8 Å². The fourth-order valence-corrected chi connectivity index (χ4v) is 4.65. The van der Waals surface area contributed by atoms with Gasteiger partial charge in [0.15, 0.2) is 0 Å². The van der Waals surface area contributed by atoms with Gasteiger partial charge in [-0.25, -0.2) is 8.42 Å². The van der Waals surface area contributed by atoms with E-state index < -0.39 is 10.0 Å². The molecular weight excluding hydrogens is 312 g/mol. The molecule has 1 heterocycles. The third-order valence-corrected chi connectivity index (χ3v) is 6.88. The molecule has 0 unspecified atom stereocenters. The molecule has 0 spiro atoms. The highest BCUT2D eigenvalue weighted by Gasteiger charge is 2.39. The predicted octanol–water partition coefficient (Wildman–Crippen LogP) is 1.86. The van der Waals surface area contributed by atoms with Crippen molar-refractivity contribution in [3.8, 4) is 0 Å². The Kier molecular flexibility index (Phi) is 4.73. The SMILES string of the molecule is C[C@@H]1C[C@@H]1C(=O)NCC1CCN(S(=O)(=O)c2ccccc2)CC1. The van der Waals surface area contributed by atoms with Crippen LogP contribution < -0.4 is 5.32 Å². The molecule has 1 aliphatic carbocycles. The molecular formula is C17H24N2O3S. The Labute approximate surface area is 138 Å². The zero-order chi connectivity index (χ0) is 16.4. The topological polar surface area (TPSA) is 66.5 Å². The quantitative estimate of drug-likeness (QED) is 0.892. The van der Waals surface area contributed by atoms with Crippen LogP contribution in [0.25, 0.3) is 0 Å². The summed E-state index contributed by atoms with van der Waals surface area (Å²) in [6.45, 7) is 3.81. The van der Waals surface area contributed by atoms with Crippen LogP contribution in [-0.4, -0.2) is 38.3 Å². The molecule has 0 aromatic heterocycles. The van der Waals surface area contributed by atoms with E-state index >= 15 is 0 Å². The monoisotopic (exact) mass is 336 g/mol. The standard InChI is InChI=1S/C17H24N2O3S/c1-13-11-16(13)17(20)18-12-14-7-9-19(10-8-14)23(21,22)15-5-3-2-4-6-15/h2-6,13-14,16H,7-12H2,1H3,(H,18,20)/t13-,16+/m1/s1. The number of nitrogens with one attached hydrogen (secondary N) is 1. The minimum absolute atomic E-state index is 0.164. The van der Waals surface area contributed by atoms with E-state index in [1.807, 2.05) is 6.07 Å². The van der Waals surface area contributed by atoms with Gasteiger partial charge in [-0.15, -0.1) is 0 Å². The zero-order valence-electron chi connectivity index (χ0n) is 13.4. The molecule has 3 rings (SSSR count). The van der Waals surface area contributed by atoms with Gasteiger partial charge in [-0.05, 0) is 43.2 Å². The van der Waals surface area contributed by atoms with E-state index in [1.54, 1.807) is 28.6 Å². The third kappa shape index (κ3) is 3.75. The maximum absolute atomic E-state index is 12.5. The first-order chi connectivity index (χ1) is 11.0. The van der Waals surface area contributed by atoms with E-state index in [0.717, 1.165) is 19.3 Å². The Bertz CT molecular complexity index is 652. The van der Waals surface area contributed by atoms with Crippen LogP contribution in [0.4, 0.5) is 0 Å². The van der Waals surface area contributed by atoms with Gasteiger partial charge < -0.3 is 5.32 Å². The molecule has 2 aliphatic rings. The second kappa shape index (κ2) is 6.61. The van der Waals surface area contributed by atoms with Gasteiger partial charge in [-0.2, -0.15) is 4.31 Å². The first kappa shape index (κ1) is 16.5. The smallest absolute Gasteiger partial charge is 0.243 e. The van der Waals surface area contributed by atoms with Crippen molar-refractivity contribution in [3.05, 3.63) is 30.3 Å². The van der Waals surface area contributed by atoms with Gasteiger partial charge in [0.05, 0.1) is 4.90 Å². The summed E-state index contributed by atoms with van der Waals surface area (Å²) in [6.07, 6.45) is 2.60. The minimum Gasteiger partial charge on any atom is -0.356 e. The number of sulfonamides is 1. The van der Waals surface area contributed by atoms with Crippen LogP contribution in [-0.2, 0) is 14.8 Å². The van der Waals surface area contributed by atoms with Gasteiger partial charge in [0.25, 0.3) is 0 Å². The molecule has 1 saturated heterocycles. The highest BCUT2D eigenvalue weighted by Crippen LogP contribution is 2.37. The first-order valence-corrected chi connectivity index (χ1v) is 9.75. The number of rotatable bonds is 5. The van der Waals surface area contributed by atoms with E-state index in [0.29, 0.717) is 36.4 Å². The van der Waals surface area contributed by atoms with Crippen molar-refractivity contribution >= 4 is 15.9 Å². The highest BCUT2D eigenvalue weighted by molar-refractivity contribution is 7.89. The fourth-order valence-electron chi connectivity index (χ4n) is 3.16. The molecule has 6 heteroatoms. The lowest BCUT2D eigenvalue weighted by molar-refractivity contribution is -0.122. The molecule has 1 saturated carbocycles. The van der Waals surface area contributed by atoms with Crippen LogP contribution in [0.15, 0.2) is 35.2 Å². The number of amides is 1. The van der Waals surface area contributed by atoms with Crippen molar-refractivity contribution in [2.45, 2.75) is 31.1 Å². The molecule has 5 nitrogen and oxygen atoms in total. The number of carbonyl (C=O) groups is 1. The van der Waals surface area contributed by atoms with Gasteiger partial charge in [-0.1, -0.05) is 25.1 Å². The number of nitrogens with zero attached hydrogens (tertiary/aromatic N) is 1. The largest absolute Gasteiger partial charge is 0.356 e. The average molecular weight is 336 g/mol. The number of benzene rings is 1. The molecule has 1 N–H and O–H groups in total. The van der Waals surface area contributed by atoms with Gasteiger partial charge in [-0.3, -0.25) is 4.79 Å². The Hall–Kier alpha value is -1.40. The molecule has 1 aromatic carbocycles. The number of hydrogen-bond donors (Lipinski definition) is 1. The highest BCUT2D eigenvalue weighted by atomic mass is 32.2. The molecule has 1 amide bonds. The van der Waals surface area contributed by atoms with Gasteiger partial charge in [0.2, 0.25) is 15.9 Å². The lowest BCUT2D eigenvalue weighted by Gasteiger charge is -2.31. The van der Waals surface area contributed by atoms with Crippen molar-refractivity contribution in [1.29, 1.82) is 0 Å². The molecule has 126 valence electrons. The molecule has 0 radical (unpaired) electrons. The zero-order valence-corrected chi connectivity index (χ0v) is 14.3. The van der Waals surface area contributed by atoms with E-state index in [4.69, 9.17) is 0 Å². The molecule has 2 fully saturated rings. The van der Waals surface area contributed by atoms with E-state index in [-0.39, 0.29) is 11.8 Å². The summed E-state index contributed by atoms with van der Waals surface area (Å²) < 4.78 is 26.7. The second-order valence-corrected chi connectivity index (χ2v) is 8.66. The summed E-state index contributed by atoms with van der Waals surface area (Å²) in [7, 11) is -3.38. The second-order valence-electron chi connectivity index (χ2n) is 6.73. The maximum Gasteiger partial charge on any atom is 0.243 e. The van der Waals surface area contributed by atoms with Crippen molar-refractivity contribution < 1.29 is 13.2 Å². The van der Waals surface area contributed by atoms with Crippen molar-refractivity contribution in [1.82, 2.24) is 9.62 Å². The van der Waals surface area contributed by atoms with Crippen molar-refractivity contribution in [2.24, 2.45) is 17.8 Å². The van der Waals surface area contributed by atoms with Crippen LogP contribution in [0.5, 0.6) is 0 Å². The minimum atomic E-state index is -3.38. The van der Waals surface area contributed by atoms with E-state index in [9.17, 15) is 13.2 Å². The van der Waals surface area contributed by atoms with Gasteiger partial charge in [0, 0.05) is 25.6 Å². The van der Waals surface area contributed by atoms with Crippen LogP contribution in [0.3, 0.4) is 0 Å².